The molecule has 5 atom stereocenters. The largest absolute Gasteiger partial charge is 0.394 e. The average Bonchev–Trinajstić information content (AvgIpc) is 3.15. The van der Waals surface area contributed by atoms with E-state index in [9.17, 15) is 29.6 Å². The fourth-order valence-electron chi connectivity index (χ4n) is 2.80. The molecule has 176 valence electrons. The Morgan fingerprint density at radius 1 is 1.29 bits per heavy atom. The number of nitrogens with one attached hydrogen (secondary N) is 1. The van der Waals surface area contributed by atoms with Crippen LogP contribution in [-0.2, 0) is 13.8 Å². The smallest absolute Gasteiger partial charge is 0.359 e. The predicted molar refractivity (Wildman–Crippen MR) is 111 cm³/mol. The van der Waals surface area contributed by atoms with Gasteiger partial charge in [0.25, 0.3) is 5.56 Å². The molecule has 12 nitrogen and oxygen atoms in total. The van der Waals surface area contributed by atoms with E-state index in [0.717, 1.165) is 0 Å². The van der Waals surface area contributed by atoms with Crippen molar-refractivity contribution >= 4 is 18.8 Å². The maximum atomic E-state index is 12.6. The lowest BCUT2D eigenvalue weighted by atomic mass is 10.0. The number of H-pyrrole nitrogens is 1. The molecule has 0 amide bonds. The average molecular weight is 462 g/mol. The number of aromatic amines is 1. The molecule has 0 fully saturated rings. The van der Waals surface area contributed by atoms with Gasteiger partial charge in [-0.05, 0) is 26.7 Å². The van der Waals surface area contributed by atoms with Crippen molar-refractivity contribution in [3.63, 3.8) is 0 Å². The summed E-state index contributed by atoms with van der Waals surface area (Å²) < 4.78 is 25.1. The quantitative estimate of drug-likeness (QED) is 0.284. The molecule has 13 heteroatoms. The van der Waals surface area contributed by atoms with E-state index in [0.29, 0.717) is 6.42 Å². The summed E-state index contributed by atoms with van der Waals surface area (Å²) in [5.74, 6) is 0. The first-order chi connectivity index (χ1) is 14.4. The monoisotopic (exact) mass is 462 g/mol. The van der Waals surface area contributed by atoms with Gasteiger partial charge in [-0.3, -0.25) is 13.9 Å². The van der Waals surface area contributed by atoms with Crippen molar-refractivity contribution in [3.8, 4) is 0 Å². The highest BCUT2D eigenvalue weighted by Gasteiger charge is 2.46. The first kappa shape index (κ1) is 25.6. The Morgan fingerprint density at radius 3 is 2.55 bits per heavy atom. The third-order valence-electron chi connectivity index (χ3n) is 5.45. The summed E-state index contributed by atoms with van der Waals surface area (Å²) in [5.41, 5.74) is -1.36. The summed E-state index contributed by atoms with van der Waals surface area (Å²) in [7, 11) is -4.36. The van der Waals surface area contributed by atoms with E-state index in [4.69, 9.17) is 9.26 Å². The van der Waals surface area contributed by atoms with Gasteiger partial charge in [-0.2, -0.15) is 0 Å². The zero-order valence-electron chi connectivity index (χ0n) is 18.1. The lowest BCUT2D eigenvalue weighted by Gasteiger charge is -2.36. The second-order valence-corrected chi connectivity index (χ2v) is 9.99. The van der Waals surface area contributed by atoms with Crippen molar-refractivity contribution in [1.82, 2.24) is 19.5 Å². The van der Waals surface area contributed by atoms with Gasteiger partial charge < -0.3 is 34.5 Å². The number of aromatic nitrogens is 4. The van der Waals surface area contributed by atoms with Crippen LogP contribution in [0.2, 0.25) is 0 Å². The third-order valence-corrected chi connectivity index (χ3v) is 7.67. The molecular formula is C18H31N4O8P. The van der Waals surface area contributed by atoms with E-state index in [1.807, 2.05) is 0 Å². The molecular weight excluding hydrogens is 431 g/mol. The fourth-order valence-corrected chi connectivity index (χ4v) is 4.21. The zero-order chi connectivity index (χ0) is 23.4. The Hall–Kier alpha value is -1.66. The third kappa shape index (κ3) is 5.58. The molecule has 0 aliphatic carbocycles. The Bertz CT molecular complexity index is 977. The summed E-state index contributed by atoms with van der Waals surface area (Å²) in [6, 6.07) is 0. The highest BCUT2D eigenvalue weighted by atomic mass is 31.2. The highest BCUT2D eigenvalue weighted by Crippen LogP contribution is 2.58. The SMILES string of the molecule is CCC(C)(CCO[C@H]([C@H](O)CO)n1cnc2c(=O)[nH]cnc21)OP(=O)(O)C(C)(O)CC. The van der Waals surface area contributed by atoms with Crippen LogP contribution in [0.25, 0.3) is 11.2 Å². The molecule has 0 aliphatic rings. The molecule has 0 saturated carbocycles. The summed E-state index contributed by atoms with van der Waals surface area (Å²) in [6.07, 6.45) is 0.504. The van der Waals surface area contributed by atoms with Crippen LogP contribution in [0.1, 0.15) is 53.2 Å². The van der Waals surface area contributed by atoms with E-state index >= 15 is 0 Å². The molecule has 5 N–H and O–H groups in total. The van der Waals surface area contributed by atoms with Crippen molar-refractivity contribution in [2.45, 2.75) is 70.2 Å². The number of hydrogen-bond donors (Lipinski definition) is 5. The standard InChI is InChI=1S/C18H31N4O8P/c1-5-17(3,30-31(27,28)18(4,26)6-2)7-8-29-16(12(24)9-23)22-11-21-13-14(22)19-10-20-15(13)25/h10-12,16,23-24,26H,5-9H2,1-4H3,(H,27,28)(H,19,20,25)/t12-,16-,17?,18?/m1/s1. The van der Waals surface area contributed by atoms with E-state index in [1.165, 1.54) is 24.1 Å². The highest BCUT2D eigenvalue weighted by molar-refractivity contribution is 7.54. The Kier molecular flexibility index (Phi) is 8.15. The lowest BCUT2D eigenvalue weighted by Crippen LogP contribution is -2.35. The molecule has 2 rings (SSSR count). The van der Waals surface area contributed by atoms with Crippen molar-refractivity contribution < 1.29 is 34.0 Å². The number of fused-ring (bicyclic) bond motifs is 1. The molecule has 2 aromatic rings. The summed E-state index contributed by atoms with van der Waals surface area (Å²) in [6.45, 7) is 5.54. The second-order valence-electron chi connectivity index (χ2n) is 7.80. The number of ether oxygens (including phenoxy) is 1. The Labute approximate surface area is 179 Å². The van der Waals surface area contributed by atoms with Gasteiger partial charge in [0.15, 0.2) is 22.7 Å². The van der Waals surface area contributed by atoms with Gasteiger partial charge in [0, 0.05) is 6.42 Å². The first-order valence-electron chi connectivity index (χ1n) is 9.98. The minimum atomic E-state index is -4.36. The summed E-state index contributed by atoms with van der Waals surface area (Å²) in [5, 5.41) is 28.0. The molecule has 0 saturated heterocycles. The fraction of sp³-hybridized carbons (Fsp3) is 0.722. The first-order valence-corrected chi connectivity index (χ1v) is 11.6. The normalized spacial score (nSPS) is 20.0. The Morgan fingerprint density at radius 2 is 1.97 bits per heavy atom. The van der Waals surface area contributed by atoms with Gasteiger partial charge in [-0.15, -0.1) is 0 Å². The molecule has 0 bridgehead atoms. The molecule has 0 radical (unpaired) electrons. The number of nitrogens with zero attached hydrogens (tertiary/aromatic N) is 3. The van der Waals surface area contributed by atoms with Crippen molar-refractivity contribution in [2.24, 2.45) is 0 Å². The van der Waals surface area contributed by atoms with Crippen LogP contribution in [0.5, 0.6) is 0 Å². The van der Waals surface area contributed by atoms with Crippen LogP contribution in [0.3, 0.4) is 0 Å². The number of aliphatic hydroxyl groups excluding tert-OH is 2. The van der Waals surface area contributed by atoms with Crippen molar-refractivity contribution in [1.29, 1.82) is 0 Å². The van der Waals surface area contributed by atoms with Gasteiger partial charge in [0.2, 0.25) is 0 Å². The van der Waals surface area contributed by atoms with Gasteiger partial charge in [-0.1, -0.05) is 13.8 Å². The minimum absolute atomic E-state index is 0.0294. The molecule has 0 spiro atoms. The second kappa shape index (κ2) is 9.86. The van der Waals surface area contributed by atoms with Crippen molar-refractivity contribution in [2.75, 3.05) is 13.2 Å². The topological polar surface area (TPSA) is 180 Å². The van der Waals surface area contributed by atoms with Gasteiger partial charge in [0.1, 0.15) is 6.10 Å². The van der Waals surface area contributed by atoms with E-state index in [2.05, 4.69) is 15.0 Å². The van der Waals surface area contributed by atoms with Crippen LogP contribution in [0.4, 0.5) is 0 Å². The van der Waals surface area contributed by atoms with Crippen LogP contribution in [-0.4, -0.2) is 70.0 Å². The molecule has 31 heavy (non-hydrogen) atoms. The van der Waals surface area contributed by atoms with Gasteiger partial charge >= 0.3 is 7.60 Å². The van der Waals surface area contributed by atoms with Crippen LogP contribution < -0.4 is 5.56 Å². The zero-order valence-corrected chi connectivity index (χ0v) is 19.0. The van der Waals surface area contributed by atoms with E-state index in [1.54, 1.807) is 20.8 Å². The van der Waals surface area contributed by atoms with Gasteiger partial charge in [0.05, 0.1) is 31.5 Å². The van der Waals surface area contributed by atoms with Crippen LogP contribution in [0.15, 0.2) is 17.4 Å². The minimum Gasteiger partial charge on any atom is -0.394 e. The lowest BCUT2D eigenvalue weighted by molar-refractivity contribution is -0.107. The van der Waals surface area contributed by atoms with Crippen LogP contribution in [0, 0.1) is 0 Å². The van der Waals surface area contributed by atoms with Gasteiger partial charge in [-0.25, -0.2) is 9.97 Å². The maximum absolute atomic E-state index is 12.6. The van der Waals surface area contributed by atoms with Crippen LogP contribution >= 0.6 is 7.60 Å². The molecule has 2 aromatic heterocycles. The molecule has 3 unspecified atom stereocenters. The van der Waals surface area contributed by atoms with E-state index in [-0.39, 0.29) is 30.6 Å². The molecule has 2 heterocycles. The summed E-state index contributed by atoms with van der Waals surface area (Å²) >= 11 is 0. The number of imidazole rings is 1. The predicted octanol–water partition coefficient (Wildman–Crippen LogP) is 0.867. The summed E-state index contributed by atoms with van der Waals surface area (Å²) in [4.78, 5) is 32.5. The number of rotatable bonds is 12. The maximum Gasteiger partial charge on any atom is 0.359 e. The number of hydrogen-bond acceptors (Lipinski definition) is 9. The molecule has 0 aromatic carbocycles. The Balaban J connectivity index is 2.19. The molecule has 0 aliphatic heterocycles. The van der Waals surface area contributed by atoms with Crippen molar-refractivity contribution in [3.05, 3.63) is 23.0 Å². The number of aliphatic hydroxyl groups is 3. The van der Waals surface area contributed by atoms with E-state index < -0.39 is 43.0 Å².